The molecule has 18 heavy (non-hydrogen) atoms. The van der Waals surface area contributed by atoms with E-state index in [-0.39, 0.29) is 30.6 Å². The van der Waals surface area contributed by atoms with E-state index in [0.717, 1.165) is 19.5 Å². The molecule has 1 aromatic rings. The van der Waals surface area contributed by atoms with Gasteiger partial charge in [0.2, 0.25) is 5.91 Å². The number of hydrogen-bond donors (Lipinski definition) is 2. The Morgan fingerprint density at radius 2 is 2.22 bits per heavy atom. The Kier molecular flexibility index (Phi) is 6.09. The van der Waals surface area contributed by atoms with E-state index in [2.05, 4.69) is 10.6 Å². The topological polar surface area (TPSA) is 41.1 Å². The third-order valence-corrected chi connectivity index (χ3v) is 3.06. The van der Waals surface area contributed by atoms with Crippen molar-refractivity contribution in [3.05, 3.63) is 35.6 Å². The average Bonchev–Trinajstić information content (AvgIpc) is 2.82. The summed E-state index contributed by atoms with van der Waals surface area (Å²) in [5.41, 5.74) is 0.453. The summed E-state index contributed by atoms with van der Waals surface area (Å²) >= 11 is 0. The van der Waals surface area contributed by atoms with E-state index in [0.29, 0.717) is 18.0 Å². The summed E-state index contributed by atoms with van der Waals surface area (Å²) in [5.74, 6) is 0.0896. The fourth-order valence-corrected chi connectivity index (χ4v) is 2.02. The highest BCUT2D eigenvalue weighted by Gasteiger charge is 2.15. The zero-order valence-corrected chi connectivity index (χ0v) is 10.9. The van der Waals surface area contributed by atoms with Crippen LogP contribution >= 0.6 is 12.4 Å². The van der Waals surface area contributed by atoms with E-state index in [1.165, 1.54) is 6.07 Å². The smallest absolute Gasteiger partial charge is 0.224 e. The quantitative estimate of drug-likeness (QED) is 0.873. The standard InChI is InChI=1S/C13H17FN2O.ClH/c14-12-4-2-1-3-11(12)7-13(17)16-9-10-5-6-15-8-10;/h1-4,10,15H,5-9H2,(H,16,17);1H. The number of halogens is 2. The van der Waals surface area contributed by atoms with Gasteiger partial charge in [-0.2, -0.15) is 0 Å². The molecule has 5 heteroatoms. The largest absolute Gasteiger partial charge is 0.355 e. The van der Waals surface area contributed by atoms with Gasteiger partial charge in [0.15, 0.2) is 0 Å². The molecule has 0 bridgehead atoms. The van der Waals surface area contributed by atoms with Gasteiger partial charge in [-0.05, 0) is 37.1 Å². The summed E-state index contributed by atoms with van der Waals surface area (Å²) in [7, 11) is 0. The molecule has 1 aromatic carbocycles. The van der Waals surface area contributed by atoms with Gasteiger partial charge in [-0.25, -0.2) is 4.39 Å². The molecule has 1 saturated heterocycles. The molecule has 1 fully saturated rings. The van der Waals surface area contributed by atoms with Crippen LogP contribution in [0.3, 0.4) is 0 Å². The van der Waals surface area contributed by atoms with Crippen LogP contribution < -0.4 is 10.6 Å². The molecule has 100 valence electrons. The van der Waals surface area contributed by atoms with Crippen LogP contribution in [0.25, 0.3) is 0 Å². The predicted molar refractivity (Wildman–Crippen MR) is 71.3 cm³/mol. The third-order valence-electron chi connectivity index (χ3n) is 3.06. The molecule has 1 amide bonds. The van der Waals surface area contributed by atoms with Crippen molar-refractivity contribution < 1.29 is 9.18 Å². The van der Waals surface area contributed by atoms with Crippen LogP contribution in [0, 0.1) is 11.7 Å². The lowest BCUT2D eigenvalue weighted by Crippen LogP contribution is -2.31. The van der Waals surface area contributed by atoms with Crippen LogP contribution in [0.1, 0.15) is 12.0 Å². The second-order valence-corrected chi connectivity index (χ2v) is 4.43. The van der Waals surface area contributed by atoms with Crippen molar-refractivity contribution in [2.75, 3.05) is 19.6 Å². The highest BCUT2D eigenvalue weighted by atomic mass is 35.5. The zero-order chi connectivity index (χ0) is 12.1. The second-order valence-electron chi connectivity index (χ2n) is 4.43. The lowest BCUT2D eigenvalue weighted by molar-refractivity contribution is -0.120. The van der Waals surface area contributed by atoms with E-state index in [1.807, 2.05) is 0 Å². The third kappa shape index (κ3) is 4.27. The minimum Gasteiger partial charge on any atom is -0.355 e. The van der Waals surface area contributed by atoms with Crippen molar-refractivity contribution in [2.24, 2.45) is 5.92 Å². The second kappa shape index (κ2) is 7.34. The Morgan fingerprint density at radius 3 is 2.89 bits per heavy atom. The molecule has 0 spiro atoms. The molecule has 2 N–H and O–H groups in total. The molecule has 1 atom stereocenters. The van der Waals surface area contributed by atoms with Gasteiger partial charge in [0, 0.05) is 6.54 Å². The number of benzene rings is 1. The highest BCUT2D eigenvalue weighted by Crippen LogP contribution is 2.08. The highest BCUT2D eigenvalue weighted by molar-refractivity contribution is 5.85. The van der Waals surface area contributed by atoms with Crippen LogP contribution in [0.4, 0.5) is 4.39 Å². The maximum absolute atomic E-state index is 13.3. The fraction of sp³-hybridized carbons (Fsp3) is 0.462. The SMILES string of the molecule is Cl.O=C(Cc1ccccc1F)NCC1CCNC1. The lowest BCUT2D eigenvalue weighted by Gasteiger charge is -2.10. The molecular weight excluding hydrogens is 255 g/mol. The number of rotatable bonds is 4. The average molecular weight is 273 g/mol. The van der Waals surface area contributed by atoms with Gasteiger partial charge in [0.25, 0.3) is 0 Å². The van der Waals surface area contributed by atoms with Gasteiger partial charge in [0.05, 0.1) is 6.42 Å². The first-order chi connectivity index (χ1) is 8.25. The maximum Gasteiger partial charge on any atom is 0.224 e. The normalized spacial score (nSPS) is 18.2. The first-order valence-electron chi connectivity index (χ1n) is 5.96. The fourth-order valence-electron chi connectivity index (χ4n) is 2.02. The number of amides is 1. The summed E-state index contributed by atoms with van der Waals surface area (Å²) in [6.07, 6.45) is 1.22. The number of hydrogen-bond acceptors (Lipinski definition) is 2. The number of carbonyl (C=O) groups is 1. The minimum atomic E-state index is -0.315. The minimum absolute atomic E-state index is 0. The van der Waals surface area contributed by atoms with E-state index in [1.54, 1.807) is 18.2 Å². The van der Waals surface area contributed by atoms with Crippen LogP contribution in [-0.2, 0) is 11.2 Å². The molecule has 1 heterocycles. The molecule has 1 aliphatic heterocycles. The van der Waals surface area contributed by atoms with Crippen molar-refractivity contribution in [3.63, 3.8) is 0 Å². The molecule has 0 saturated carbocycles. The molecule has 2 rings (SSSR count). The van der Waals surface area contributed by atoms with Crippen LogP contribution in [0.2, 0.25) is 0 Å². The lowest BCUT2D eigenvalue weighted by atomic mass is 10.1. The first-order valence-corrected chi connectivity index (χ1v) is 5.96. The molecule has 0 aliphatic carbocycles. The van der Waals surface area contributed by atoms with Crippen molar-refractivity contribution in [2.45, 2.75) is 12.8 Å². The van der Waals surface area contributed by atoms with E-state index < -0.39 is 0 Å². The Labute approximate surface area is 113 Å². The summed E-state index contributed by atoms with van der Waals surface area (Å²) in [5, 5.41) is 6.10. The van der Waals surface area contributed by atoms with Crippen LogP contribution in [0.5, 0.6) is 0 Å². The van der Waals surface area contributed by atoms with Gasteiger partial charge in [0.1, 0.15) is 5.82 Å². The van der Waals surface area contributed by atoms with Gasteiger partial charge in [-0.3, -0.25) is 4.79 Å². The summed E-state index contributed by atoms with van der Waals surface area (Å²) in [6, 6.07) is 6.39. The molecule has 1 unspecified atom stereocenters. The predicted octanol–water partition coefficient (Wildman–Crippen LogP) is 1.52. The Bertz CT molecular complexity index is 394. The molecular formula is C13H18ClFN2O. The Hall–Kier alpha value is -1.13. The van der Waals surface area contributed by atoms with Crippen molar-refractivity contribution in [3.8, 4) is 0 Å². The molecule has 0 radical (unpaired) electrons. The van der Waals surface area contributed by atoms with Crippen molar-refractivity contribution >= 4 is 18.3 Å². The number of carbonyl (C=O) groups excluding carboxylic acids is 1. The van der Waals surface area contributed by atoms with Gasteiger partial charge >= 0.3 is 0 Å². The van der Waals surface area contributed by atoms with Crippen molar-refractivity contribution in [1.82, 2.24) is 10.6 Å². The monoisotopic (exact) mass is 272 g/mol. The molecule has 0 aromatic heterocycles. The van der Waals surface area contributed by atoms with E-state index in [9.17, 15) is 9.18 Å². The van der Waals surface area contributed by atoms with Crippen LogP contribution in [-0.4, -0.2) is 25.5 Å². The van der Waals surface area contributed by atoms with E-state index in [4.69, 9.17) is 0 Å². The molecule has 3 nitrogen and oxygen atoms in total. The van der Waals surface area contributed by atoms with Crippen LogP contribution in [0.15, 0.2) is 24.3 Å². The van der Waals surface area contributed by atoms with Gasteiger partial charge in [-0.15, -0.1) is 12.4 Å². The first kappa shape index (κ1) is 14.9. The summed E-state index contributed by atoms with van der Waals surface area (Å²) < 4.78 is 13.3. The molecule has 1 aliphatic rings. The van der Waals surface area contributed by atoms with Crippen molar-refractivity contribution in [1.29, 1.82) is 0 Å². The van der Waals surface area contributed by atoms with Gasteiger partial charge in [-0.1, -0.05) is 18.2 Å². The zero-order valence-electron chi connectivity index (χ0n) is 10.1. The summed E-state index contributed by atoms with van der Waals surface area (Å²) in [6.45, 7) is 2.66. The Morgan fingerprint density at radius 1 is 1.44 bits per heavy atom. The maximum atomic E-state index is 13.3. The Balaban J connectivity index is 0.00000162. The van der Waals surface area contributed by atoms with Gasteiger partial charge < -0.3 is 10.6 Å². The number of nitrogens with one attached hydrogen (secondary N) is 2. The van der Waals surface area contributed by atoms with E-state index >= 15 is 0 Å². The summed E-state index contributed by atoms with van der Waals surface area (Å²) in [4.78, 5) is 11.6.